The Morgan fingerprint density at radius 2 is 2.14 bits per heavy atom. The van der Waals surface area contributed by atoms with E-state index in [1.807, 2.05) is 0 Å². The average molecular weight is 239 g/mol. The average Bonchev–Trinajstić information content (AvgIpc) is 2.47. The zero-order valence-electron chi connectivity index (χ0n) is 7.68. The molecular weight excluding hydrogens is 230 g/mol. The molecule has 0 aliphatic carbocycles. The summed E-state index contributed by atoms with van der Waals surface area (Å²) in [6.45, 7) is 1.96. The number of rotatable bonds is 3. The van der Waals surface area contributed by atoms with Crippen molar-refractivity contribution >= 4 is 28.7 Å². The molecule has 0 saturated heterocycles. The first-order chi connectivity index (χ1) is 6.32. The van der Waals surface area contributed by atoms with Crippen LogP contribution in [0.15, 0.2) is 12.1 Å². The van der Waals surface area contributed by atoms with Crippen molar-refractivity contribution in [3.8, 4) is 0 Å². The van der Waals surface area contributed by atoms with Gasteiger partial charge in [0.05, 0.1) is 15.1 Å². The number of hydrogen-bond acceptors (Lipinski definition) is 2. The van der Waals surface area contributed by atoms with Crippen LogP contribution in [0.2, 0.25) is 4.34 Å². The Hall–Kier alpha value is -0.480. The summed E-state index contributed by atoms with van der Waals surface area (Å²) in [7, 11) is 0. The Kier molecular flexibility index (Phi) is 3.27. The second kappa shape index (κ2) is 3.95. The topological polar surface area (TPSA) is 17.1 Å². The molecule has 1 atom stereocenters. The number of ketones is 1. The van der Waals surface area contributed by atoms with E-state index in [1.165, 1.54) is 19.1 Å². The lowest BCUT2D eigenvalue weighted by Gasteiger charge is -2.16. The minimum absolute atomic E-state index is 0.282. The standard InChI is InChI=1S/C9H9ClF2OS/c1-5(9(2,11)12)8(13)6-3-4-7(10)14-6/h3-5H,1-2H3. The molecule has 5 heteroatoms. The van der Waals surface area contributed by atoms with Crippen molar-refractivity contribution < 1.29 is 13.6 Å². The highest BCUT2D eigenvalue weighted by Gasteiger charge is 2.36. The molecule has 1 unspecified atom stereocenters. The molecule has 0 aromatic carbocycles. The Morgan fingerprint density at radius 1 is 1.57 bits per heavy atom. The van der Waals surface area contributed by atoms with Gasteiger partial charge in [0.15, 0.2) is 5.78 Å². The van der Waals surface area contributed by atoms with Crippen molar-refractivity contribution in [3.63, 3.8) is 0 Å². The highest BCUT2D eigenvalue weighted by atomic mass is 35.5. The summed E-state index contributed by atoms with van der Waals surface area (Å²) in [4.78, 5) is 11.8. The molecule has 1 aromatic heterocycles. The number of Topliss-reactive ketones (excluding diaryl/α,β-unsaturated/α-hetero) is 1. The van der Waals surface area contributed by atoms with Crippen LogP contribution < -0.4 is 0 Å². The van der Waals surface area contributed by atoms with Gasteiger partial charge in [-0.2, -0.15) is 0 Å². The van der Waals surface area contributed by atoms with Gasteiger partial charge in [0.25, 0.3) is 5.92 Å². The van der Waals surface area contributed by atoms with Gasteiger partial charge in [-0.05, 0) is 19.1 Å². The molecule has 0 aliphatic rings. The van der Waals surface area contributed by atoms with E-state index >= 15 is 0 Å². The van der Waals surface area contributed by atoms with Crippen LogP contribution in [0.3, 0.4) is 0 Å². The highest BCUT2D eigenvalue weighted by Crippen LogP contribution is 2.30. The molecule has 0 bridgehead atoms. The van der Waals surface area contributed by atoms with Crippen molar-refractivity contribution in [1.29, 1.82) is 0 Å². The van der Waals surface area contributed by atoms with Crippen molar-refractivity contribution in [3.05, 3.63) is 21.3 Å². The van der Waals surface area contributed by atoms with E-state index in [9.17, 15) is 13.6 Å². The monoisotopic (exact) mass is 238 g/mol. The zero-order valence-corrected chi connectivity index (χ0v) is 9.25. The van der Waals surface area contributed by atoms with Gasteiger partial charge in [-0.3, -0.25) is 4.79 Å². The van der Waals surface area contributed by atoms with Gasteiger partial charge in [0.2, 0.25) is 0 Å². The fourth-order valence-electron chi connectivity index (χ4n) is 0.890. The van der Waals surface area contributed by atoms with E-state index in [4.69, 9.17) is 11.6 Å². The van der Waals surface area contributed by atoms with Gasteiger partial charge < -0.3 is 0 Å². The molecule has 0 radical (unpaired) electrons. The van der Waals surface area contributed by atoms with Crippen LogP contribution in [0.4, 0.5) is 8.78 Å². The molecule has 0 aliphatic heterocycles. The molecule has 0 fully saturated rings. The first-order valence-corrected chi connectivity index (χ1v) is 5.19. The van der Waals surface area contributed by atoms with Gasteiger partial charge in [0, 0.05) is 6.92 Å². The summed E-state index contributed by atoms with van der Waals surface area (Å²) >= 11 is 6.63. The lowest BCUT2D eigenvalue weighted by molar-refractivity contribution is -0.0220. The van der Waals surface area contributed by atoms with Crippen LogP contribution in [0.5, 0.6) is 0 Å². The number of carbonyl (C=O) groups excluding carboxylic acids is 1. The maximum absolute atomic E-state index is 12.8. The summed E-state index contributed by atoms with van der Waals surface area (Å²) in [6, 6.07) is 3.00. The second-order valence-electron chi connectivity index (χ2n) is 3.15. The molecule has 1 rings (SSSR count). The highest BCUT2D eigenvalue weighted by molar-refractivity contribution is 7.18. The first-order valence-electron chi connectivity index (χ1n) is 3.99. The lowest BCUT2D eigenvalue weighted by atomic mass is 9.99. The number of alkyl halides is 2. The largest absolute Gasteiger partial charge is 0.293 e. The summed E-state index contributed by atoms with van der Waals surface area (Å²) < 4.78 is 26.0. The first kappa shape index (κ1) is 11.6. The maximum Gasteiger partial charge on any atom is 0.255 e. The van der Waals surface area contributed by atoms with E-state index in [2.05, 4.69) is 0 Å². The fourth-order valence-corrected chi connectivity index (χ4v) is 1.96. The van der Waals surface area contributed by atoms with Gasteiger partial charge in [-0.25, -0.2) is 8.78 Å². The Balaban J connectivity index is 2.86. The van der Waals surface area contributed by atoms with Crippen LogP contribution in [-0.4, -0.2) is 11.7 Å². The van der Waals surface area contributed by atoms with E-state index < -0.39 is 17.6 Å². The summed E-state index contributed by atoms with van der Waals surface area (Å²) in [5.41, 5.74) is 0. The smallest absolute Gasteiger partial charge is 0.255 e. The third kappa shape index (κ3) is 2.51. The second-order valence-corrected chi connectivity index (χ2v) is 4.86. The predicted molar refractivity (Wildman–Crippen MR) is 53.4 cm³/mol. The van der Waals surface area contributed by atoms with Crippen LogP contribution in [0, 0.1) is 5.92 Å². The quantitative estimate of drug-likeness (QED) is 0.731. The number of thiophene rings is 1. The van der Waals surface area contributed by atoms with Gasteiger partial charge in [0.1, 0.15) is 0 Å². The molecule has 0 amide bonds. The Bertz CT molecular complexity index is 343. The molecule has 1 heterocycles. The minimum Gasteiger partial charge on any atom is -0.293 e. The van der Waals surface area contributed by atoms with Gasteiger partial charge >= 0.3 is 0 Å². The predicted octanol–water partition coefficient (Wildman–Crippen LogP) is 3.88. The van der Waals surface area contributed by atoms with Crippen molar-refractivity contribution in [2.24, 2.45) is 5.92 Å². The van der Waals surface area contributed by atoms with Crippen LogP contribution >= 0.6 is 22.9 Å². The normalized spacial score (nSPS) is 14.1. The molecule has 1 nitrogen and oxygen atoms in total. The molecule has 1 aromatic rings. The molecule has 14 heavy (non-hydrogen) atoms. The third-order valence-electron chi connectivity index (χ3n) is 1.97. The molecule has 0 spiro atoms. The van der Waals surface area contributed by atoms with E-state index in [-0.39, 0.29) is 4.88 Å². The fraction of sp³-hybridized carbons (Fsp3) is 0.444. The van der Waals surface area contributed by atoms with Gasteiger partial charge in [-0.15, -0.1) is 11.3 Å². The Morgan fingerprint density at radius 3 is 2.50 bits per heavy atom. The van der Waals surface area contributed by atoms with Crippen LogP contribution in [0.25, 0.3) is 0 Å². The zero-order chi connectivity index (χ0) is 10.9. The minimum atomic E-state index is -2.99. The molecular formula is C9H9ClF2OS. The van der Waals surface area contributed by atoms with Crippen molar-refractivity contribution in [1.82, 2.24) is 0 Å². The Labute approximate surface area is 89.7 Å². The maximum atomic E-state index is 12.8. The lowest BCUT2D eigenvalue weighted by Crippen LogP contribution is -2.28. The van der Waals surface area contributed by atoms with E-state index in [0.717, 1.165) is 18.3 Å². The van der Waals surface area contributed by atoms with Gasteiger partial charge in [-0.1, -0.05) is 11.6 Å². The number of halogens is 3. The molecule has 0 N–H and O–H groups in total. The van der Waals surface area contributed by atoms with E-state index in [0.29, 0.717) is 4.34 Å². The molecule has 78 valence electrons. The van der Waals surface area contributed by atoms with E-state index in [1.54, 1.807) is 0 Å². The van der Waals surface area contributed by atoms with Crippen molar-refractivity contribution in [2.75, 3.05) is 0 Å². The molecule has 0 saturated carbocycles. The van der Waals surface area contributed by atoms with Crippen LogP contribution in [-0.2, 0) is 0 Å². The summed E-state index contributed by atoms with van der Waals surface area (Å²) in [5.74, 6) is -4.86. The summed E-state index contributed by atoms with van der Waals surface area (Å²) in [6.07, 6.45) is 0. The third-order valence-corrected chi connectivity index (χ3v) is 3.22. The number of carbonyl (C=O) groups is 1. The van der Waals surface area contributed by atoms with Crippen LogP contribution in [0.1, 0.15) is 23.5 Å². The number of hydrogen-bond donors (Lipinski definition) is 0. The van der Waals surface area contributed by atoms with Crippen molar-refractivity contribution in [2.45, 2.75) is 19.8 Å². The summed E-state index contributed by atoms with van der Waals surface area (Å²) in [5, 5.41) is 0. The SMILES string of the molecule is CC(C(=O)c1ccc(Cl)s1)C(C)(F)F.